The molecule has 1 heterocycles. The summed E-state index contributed by atoms with van der Waals surface area (Å²) in [5, 5.41) is 44.4. The van der Waals surface area contributed by atoms with Gasteiger partial charge in [-0.05, 0) is 0 Å². The molecular formula is C6H12O6. The summed E-state index contributed by atoms with van der Waals surface area (Å²) >= 11 is 0. The van der Waals surface area contributed by atoms with Gasteiger partial charge in [0.15, 0.2) is 6.29 Å². The highest BCUT2D eigenvalue weighted by atomic mass is 16.6. The highest BCUT2D eigenvalue weighted by molar-refractivity contribution is 4.89. The number of rotatable bonds is 2. The molecule has 1 fully saturated rings. The summed E-state index contributed by atoms with van der Waals surface area (Å²) in [5.74, 6) is 0. The Balaban J connectivity index is 2.58. The van der Waals surface area contributed by atoms with Gasteiger partial charge in [-0.15, -0.1) is 0 Å². The molecule has 0 spiro atoms. The van der Waals surface area contributed by atoms with Crippen molar-refractivity contribution in [2.24, 2.45) is 0 Å². The molecule has 1 aliphatic heterocycles. The van der Waals surface area contributed by atoms with Crippen LogP contribution >= 0.6 is 0 Å². The van der Waals surface area contributed by atoms with Crippen LogP contribution in [0, 0.1) is 0 Å². The molecule has 1 rings (SSSR count). The van der Waals surface area contributed by atoms with Crippen LogP contribution in [0.3, 0.4) is 0 Å². The fraction of sp³-hybridized carbons (Fsp3) is 1.00. The van der Waals surface area contributed by atoms with Crippen molar-refractivity contribution in [3.8, 4) is 0 Å². The summed E-state index contributed by atoms with van der Waals surface area (Å²) in [4.78, 5) is 0. The predicted molar refractivity (Wildman–Crippen MR) is 36.0 cm³/mol. The highest BCUT2D eigenvalue weighted by Gasteiger charge is 2.44. The van der Waals surface area contributed by atoms with Crippen molar-refractivity contribution < 1.29 is 30.3 Å². The summed E-state index contributed by atoms with van der Waals surface area (Å²) in [6.07, 6.45) is -6.75. The molecule has 72 valence electrons. The largest absolute Gasteiger partial charge is 0.394 e. The SMILES string of the molecule is OCC(O)[C@H]1O[C@H](O)[C@@H](O)[C@H]1O. The second-order valence-electron chi connectivity index (χ2n) is 2.72. The van der Waals surface area contributed by atoms with Gasteiger partial charge in [-0.25, -0.2) is 0 Å². The lowest BCUT2D eigenvalue weighted by molar-refractivity contribution is -0.150. The van der Waals surface area contributed by atoms with Gasteiger partial charge >= 0.3 is 0 Å². The Kier molecular flexibility index (Phi) is 2.99. The molecule has 0 aromatic carbocycles. The Morgan fingerprint density at radius 1 is 1.17 bits per heavy atom. The van der Waals surface area contributed by atoms with E-state index in [-0.39, 0.29) is 0 Å². The molecule has 12 heavy (non-hydrogen) atoms. The molecule has 0 amide bonds. The van der Waals surface area contributed by atoms with Crippen LogP contribution in [0.1, 0.15) is 0 Å². The molecule has 6 nitrogen and oxygen atoms in total. The third kappa shape index (κ3) is 1.58. The second-order valence-corrected chi connectivity index (χ2v) is 2.72. The molecule has 5 atom stereocenters. The first-order valence-corrected chi connectivity index (χ1v) is 3.56. The van der Waals surface area contributed by atoms with Gasteiger partial charge in [0.2, 0.25) is 0 Å². The molecule has 1 unspecified atom stereocenters. The summed E-state index contributed by atoms with van der Waals surface area (Å²) in [6.45, 7) is -0.596. The summed E-state index contributed by atoms with van der Waals surface area (Å²) in [7, 11) is 0. The van der Waals surface area contributed by atoms with Crippen LogP contribution in [0.25, 0.3) is 0 Å². The molecule has 6 heteroatoms. The Labute approximate surface area is 68.6 Å². The molecule has 0 aliphatic carbocycles. The number of aliphatic hydroxyl groups is 5. The Morgan fingerprint density at radius 2 is 1.75 bits per heavy atom. The molecule has 0 aromatic rings. The zero-order valence-corrected chi connectivity index (χ0v) is 6.24. The summed E-state index contributed by atoms with van der Waals surface area (Å²) in [5.41, 5.74) is 0. The van der Waals surface area contributed by atoms with Crippen LogP contribution in [0.5, 0.6) is 0 Å². The maximum absolute atomic E-state index is 9.12. The van der Waals surface area contributed by atoms with E-state index in [1.807, 2.05) is 0 Å². The normalized spacial score (nSPS) is 44.8. The predicted octanol–water partition coefficient (Wildman–Crippen LogP) is -3.22. The van der Waals surface area contributed by atoms with Crippen LogP contribution in [0.2, 0.25) is 0 Å². The highest BCUT2D eigenvalue weighted by Crippen LogP contribution is 2.21. The Morgan fingerprint density at radius 3 is 2.08 bits per heavy atom. The molecular weight excluding hydrogens is 168 g/mol. The average molecular weight is 180 g/mol. The van der Waals surface area contributed by atoms with Gasteiger partial charge in [-0.3, -0.25) is 0 Å². The minimum absolute atomic E-state index is 0.596. The molecule has 1 aliphatic rings. The van der Waals surface area contributed by atoms with E-state index in [4.69, 9.17) is 25.5 Å². The van der Waals surface area contributed by atoms with Crippen molar-refractivity contribution in [1.82, 2.24) is 0 Å². The van der Waals surface area contributed by atoms with Gasteiger partial charge in [0, 0.05) is 0 Å². The molecule has 5 N–H and O–H groups in total. The topological polar surface area (TPSA) is 110 Å². The van der Waals surface area contributed by atoms with Crippen molar-refractivity contribution in [3.63, 3.8) is 0 Å². The van der Waals surface area contributed by atoms with Gasteiger partial charge in [0.1, 0.15) is 24.4 Å². The van der Waals surface area contributed by atoms with Gasteiger partial charge in [0.25, 0.3) is 0 Å². The maximum Gasteiger partial charge on any atom is 0.184 e. The summed E-state index contributed by atoms with van der Waals surface area (Å²) < 4.78 is 4.58. The van der Waals surface area contributed by atoms with Crippen molar-refractivity contribution in [1.29, 1.82) is 0 Å². The van der Waals surface area contributed by atoms with Crippen LogP contribution in [-0.2, 0) is 4.74 Å². The van der Waals surface area contributed by atoms with Crippen molar-refractivity contribution in [3.05, 3.63) is 0 Å². The monoisotopic (exact) mass is 180 g/mol. The minimum Gasteiger partial charge on any atom is -0.394 e. The van der Waals surface area contributed by atoms with E-state index < -0.39 is 37.3 Å². The van der Waals surface area contributed by atoms with Crippen LogP contribution in [0.4, 0.5) is 0 Å². The molecule has 1 saturated heterocycles. The lowest BCUT2D eigenvalue weighted by Crippen LogP contribution is -2.40. The van der Waals surface area contributed by atoms with Crippen LogP contribution in [-0.4, -0.2) is 62.8 Å². The molecule has 0 saturated carbocycles. The lowest BCUT2D eigenvalue weighted by Gasteiger charge is -2.18. The average Bonchev–Trinajstić information content (AvgIpc) is 2.32. The van der Waals surface area contributed by atoms with Crippen molar-refractivity contribution >= 4 is 0 Å². The molecule has 0 aromatic heterocycles. The van der Waals surface area contributed by atoms with E-state index in [0.29, 0.717) is 0 Å². The fourth-order valence-corrected chi connectivity index (χ4v) is 1.11. The smallest absolute Gasteiger partial charge is 0.184 e. The second kappa shape index (κ2) is 3.65. The first-order valence-electron chi connectivity index (χ1n) is 3.56. The van der Waals surface area contributed by atoms with Crippen molar-refractivity contribution in [2.45, 2.75) is 30.7 Å². The van der Waals surface area contributed by atoms with Gasteiger partial charge in [0.05, 0.1) is 6.61 Å². The Hall–Kier alpha value is -0.240. The zero-order valence-electron chi connectivity index (χ0n) is 6.24. The third-order valence-corrected chi connectivity index (χ3v) is 1.84. The molecule has 0 radical (unpaired) electrons. The number of aliphatic hydroxyl groups excluding tert-OH is 5. The standard InChI is InChI=1S/C6H12O6/c7-1-2(8)5-3(9)4(10)6(11)12-5/h2-11H,1H2/t2?,3-,4+,5-,6+/m1/s1. The number of hydrogen-bond acceptors (Lipinski definition) is 6. The van der Waals surface area contributed by atoms with Crippen LogP contribution in [0.15, 0.2) is 0 Å². The number of ether oxygens (including phenoxy) is 1. The Bertz CT molecular complexity index is 151. The third-order valence-electron chi connectivity index (χ3n) is 1.84. The van der Waals surface area contributed by atoms with E-state index >= 15 is 0 Å². The van der Waals surface area contributed by atoms with Gasteiger partial charge < -0.3 is 30.3 Å². The van der Waals surface area contributed by atoms with Gasteiger partial charge in [-0.1, -0.05) is 0 Å². The molecule has 0 bridgehead atoms. The summed E-state index contributed by atoms with van der Waals surface area (Å²) in [6, 6.07) is 0. The fourth-order valence-electron chi connectivity index (χ4n) is 1.11. The number of hydrogen-bond donors (Lipinski definition) is 5. The first-order chi connectivity index (χ1) is 5.57. The first kappa shape index (κ1) is 9.85. The van der Waals surface area contributed by atoms with E-state index in [0.717, 1.165) is 0 Å². The van der Waals surface area contributed by atoms with E-state index in [9.17, 15) is 0 Å². The van der Waals surface area contributed by atoms with E-state index in [2.05, 4.69) is 4.74 Å². The van der Waals surface area contributed by atoms with E-state index in [1.54, 1.807) is 0 Å². The van der Waals surface area contributed by atoms with E-state index in [1.165, 1.54) is 0 Å². The van der Waals surface area contributed by atoms with Crippen molar-refractivity contribution in [2.75, 3.05) is 6.61 Å². The van der Waals surface area contributed by atoms with Gasteiger partial charge in [-0.2, -0.15) is 0 Å². The minimum atomic E-state index is -1.51. The lowest BCUT2D eigenvalue weighted by atomic mass is 10.1. The quantitative estimate of drug-likeness (QED) is 0.306. The van der Waals surface area contributed by atoms with Crippen LogP contribution < -0.4 is 0 Å². The maximum atomic E-state index is 9.12. The zero-order chi connectivity index (χ0) is 9.30.